The van der Waals surface area contributed by atoms with Crippen molar-refractivity contribution in [1.82, 2.24) is 24.9 Å². The average molecular weight is 472 g/mol. The Morgan fingerprint density at radius 1 is 1.11 bits per heavy atom. The summed E-state index contributed by atoms with van der Waals surface area (Å²) in [4.78, 5) is 44.2. The molecular formula is C25H25N7O3. The number of aromatic nitrogens is 5. The van der Waals surface area contributed by atoms with Gasteiger partial charge in [-0.3, -0.25) is 25.2 Å². The van der Waals surface area contributed by atoms with Gasteiger partial charge in [0.15, 0.2) is 0 Å². The topological polar surface area (TPSA) is 138 Å². The van der Waals surface area contributed by atoms with E-state index in [9.17, 15) is 9.59 Å². The van der Waals surface area contributed by atoms with Crippen LogP contribution in [-0.4, -0.2) is 43.3 Å². The van der Waals surface area contributed by atoms with Crippen molar-refractivity contribution in [3.8, 4) is 5.75 Å². The van der Waals surface area contributed by atoms with Gasteiger partial charge in [0.05, 0.1) is 17.3 Å². The van der Waals surface area contributed by atoms with Gasteiger partial charge in [-0.25, -0.2) is 9.97 Å². The highest BCUT2D eigenvalue weighted by molar-refractivity contribution is 6.18. The largest absolute Gasteiger partial charge is 0.494 e. The van der Waals surface area contributed by atoms with E-state index in [2.05, 4.69) is 35.6 Å². The van der Waals surface area contributed by atoms with Crippen LogP contribution >= 0.6 is 0 Å². The molecule has 3 heterocycles. The fourth-order valence-electron chi connectivity index (χ4n) is 3.36. The fraction of sp³-hybridized carbons (Fsp3) is 0.160. The molecule has 3 aromatic heterocycles. The summed E-state index contributed by atoms with van der Waals surface area (Å²) in [6, 6.07) is 7.31. The molecule has 4 aromatic rings. The second-order valence-corrected chi connectivity index (χ2v) is 7.52. The van der Waals surface area contributed by atoms with Crippen LogP contribution in [0.2, 0.25) is 0 Å². The van der Waals surface area contributed by atoms with E-state index in [0.717, 1.165) is 16.5 Å². The molecular weight excluding hydrogens is 446 g/mol. The van der Waals surface area contributed by atoms with Crippen molar-refractivity contribution < 1.29 is 14.3 Å². The van der Waals surface area contributed by atoms with E-state index in [1.807, 2.05) is 38.1 Å². The summed E-state index contributed by atoms with van der Waals surface area (Å²) >= 11 is 0. The molecule has 0 unspecified atom stereocenters. The van der Waals surface area contributed by atoms with Crippen molar-refractivity contribution in [1.29, 1.82) is 0 Å². The lowest BCUT2D eigenvalue weighted by Gasteiger charge is -2.06. The summed E-state index contributed by atoms with van der Waals surface area (Å²) in [5.74, 6) is 0.421. The maximum Gasteiger partial charge on any atom is 0.276 e. The third kappa shape index (κ3) is 5.44. The Morgan fingerprint density at radius 3 is 2.71 bits per heavy atom. The number of benzene rings is 1. The van der Waals surface area contributed by atoms with E-state index in [1.165, 1.54) is 6.20 Å². The fourth-order valence-corrected chi connectivity index (χ4v) is 3.36. The molecule has 0 radical (unpaired) electrons. The van der Waals surface area contributed by atoms with Crippen molar-refractivity contribution >= 4 is 46.1 Å². The second-order valence-electron chi connectivity index (χ2n) is 7.52. The molecule has 178 valence electrons. The average Bonchev–Trinajstić information content (AvgIpc) is 3.51. The number of aromatic amines is 2. The molecule has 0 saturated carbocycles. The number of carbonyl (C=O) groups is 2. The summed E-state index contributed by atoms with van der Waals surface area (Å²) in [5, 5.41) is 8.09. The number of hydrogen-bond acceptors (Lipinski definition) is 6. The van der Waals surface area contributed by atoms with Gasteiger partial charge in [0.1, 0.15) is 11.4 Å². The van der Waals surface area contributed by atoms with E-state index in [0.29, 0.717) is 28.8 Å². The van der Waals surface area contributed by atoms with E-state index in [4.69, 9.17) is 4.74 Å². The zero-order valence-electron chi connectivity index (χ0n) is 19.5. The van der Waals surface area contributed by atoms with Crippen molar-refractivity contribution in [2.45, 2.75) is 20.8 Å². The maximum atomic E-state index is 12.9. The third-order valence-electron chi connectivity index (χ3n) is 5.08. The van der Waals surface area contributed by atoms with Crippen molar-refractivity contribution in [2.24, 2.45) is 0 Å². The van der Waals surface area contributed by atoms with Crippen molar-refractivity contribution in [3.63, 3.8) is 0 Å². The van der Waals surface area contributed by atoms with Crippen LogP contribution < -0.4 is 26.1 Å². The number of carbonyl (C=O) groups excluding carboxylic acids is 2. The van der Waals surface area contributed by atoms with E-state index >= 15 is 0 Å². The number of amides is 2. The lowest BCUT2D eigenvalue weighted by Crippen LogP contribution is -2.31. The van der Waals surface area contributed by atoms with E-state index in [-0.39, 0.29) is 17.5 Å². The number of ether oxygens (including phenoxy) is 1. The first kappa shape index (κ1) is 23.4. The molecule has 0 spiro atoms. The Kier molecular flexibility index (Phi) is 7.01. The molecule has 0 saturated heterocycles. The van der Waals surface area contributed by atoms with Crippen LogP contribution in [0.3, 0.4) is 0 Å². The minimum atomic E-state index is -0.440. The van der Waals surface area contributed by atoms with Gasteiger partial charge < -0.3 is 14.7 Å². The third-order valence-corrected chi connectivity index (χ3v) is 5.08. The zero-order chi connectivity index (χ0) is 24.8. The number of hydrogen-bond donors (Lipinski definition) is 4. The second kappa shape index (κ2) is 10.5. The number of imidazole rings is 2. The molecule has 10 heteroatoms. The number of pyridine rings is 1. The predicted molar refractivity (Wildman–Crippen MR) is 134 cm³/mol. The Balaban J connectivity index is 1.64. The SMILES string of the molecule is C\C=C/C=c1/[nH]c(NC(=O)c2cc3cc(OCC)ccc3cn2)n/c1=C(/C)C(=O)Nc1ncc[nH]1. The highest BCUT2D eigenvalue weighted by atomic mass is 16.5. The Labute approximate surface area is 200 Å². The van der Waals surface area contributed by atoms with E-state index in [1.54, 1.807) is 37.5 Å². The maximum absolute atomic E-state index is 12.9. The monoisotopic (exact) mass is 471 g/mol. The normalized spacial score (nSPS) is 12.7. The lowest BCUT2D eigenvalue weighted by molar-refractivity contribution is -0.111. The van der Waals surface area contributed by atoms with Crippen LogP contribution in [0.5, 0.6) is 5.75 Å². The first-order valence-electron chi connectivity index (χ1n) is 11.0. The molecule has 35 heavy (non-hydrogen) atoms. The Bertz CT molecular complexity index is 1520. The van der Waals surface area contributed by atoms with Crippen LogP contribution in [0, 0.1) is 0 Å². The van der Waals surface area contributed by atoms with Crippen LogP contribution in [0.4, 0.5) is 11.9 Å². The number of fused-ring (bicyclic) bond motifs is 1. The van der Waals surface area contributed by atoms with Gasteiger partial charge in [-0.2, -0.15) is 0 Å². The standard InChI is InChI=1S/C25H25N7O3/c1-4-6-7-19-21(15(3)22(33)31-24-26-10-11-27-24)30-25(29-19)32-23(34)20-13-17-12-18(35-5-2)9-8-16(17)14-28-20/h4,6-14H,5H2,1-3H3,(H2,26,27,31,33)(H2,29,30,32,34)/b6-4-,19-7+,21-15-. The number of rotatable bonds is 7. The molecule has 1 aromatic carbocycles. The Hall–Kier alpha value is -4.73. The molecule has 4 rings (SSSR count). The molecule has 0 aliphatic heterocycles. The zero-order valence-corrected chi connectivity index (χ0v) is 19.5. The number of H-pyrrole nitrogens is 2. The van der Waals surface area contributed by atoms with Gasteiger partial charge in [-0.05, 0) is 56.5 Å². The quantitative estimate of drug-likeness (QED) is 0.327. The van der Waals surface area contributed by atoms with Gasteiger partial charge in [-0.1, -0.05) is 12.2 Å². The first-order valence-corrected chi connectivity index (χ1v) is 11.0. The smallest absolute Gasteiger partial charge is 0.276 e. The van der Waals surface area contributed by atoms with E-state index < -0.39 is 5.91 Å². The van der Waals surface area contributed by atoms with Crippen molar-refractivity contribution in [3.05, 3.63) is 71.4 Å². The summed E-state index contributed by atoms with van der Waals surface area (Å²) in [6.07, 6.45) is 10.2. The van der Waals surface area contributed by atoms with Gasteiger partial charge in [0.2, 0.25) is 11.9 Å². The highest BCUT2D eigenvalue weighted by Gasteiger charge is 2.14. The minimum Gasteiger partial charge on any atom is -0.494 e. The molecule has 0 fully saturated rings. The van der Waals surface area contributed by atoms with Crippen LogP contribution in [-0.2, 0) is 4.79 Å². The van der Waals surface area contributed by atoms with Gasteiger partial charge in [-0.15, -0.1) is 0 Å². The number of nitrogens with one attached hydrogen (secondary N) is 4. The van der Waals surface area contributed by atoms with Crippen molar-refractivity contribution in [2.75, 3.05) is 17.2 Å². The number of allylic oxidation sites excluding steroid dienone is 2. The molecule has 0 bridgehead atoms. The number of anilines is 2. The van der Waals surface area contributed by atoms with Gasteiger partial charge in [0, 0.05) is 29.5 Å². The molecule has 0 atom stereocenters. The van der Waals surface area contributed by atoms with Crippen LogP contribution in [0.25, 0.3) is 22.4 Å². The summed E-state index contributed by atoms with van der Waals surface area (Å²) in [7, 11) is 0. The van der Waals surface area contributed by atoms with Gasteiger partial charge in [0.25, 0.3) is 11.8 Å². The van der Waals surface area contributed by atoms with Crippen LogP contribution in [0.1, 0.15) is 31.3 Å². The summed E-state index contributed by atoms with van der Waals surface area (Å²) < 4.78 is 5.55. The molecule has 0 aliphatic carbocycles. The lowest BCUT2D eigenvalue weighted by atomic mass is 10.1. The van der Waals surface area contributed by atoms with Crippen LogP contribution in [0.15, 0.2) is 55.0 Å². The molecule has 0 aliphatic rings. The molecule has 4 N–H and O–H groups in total. The molecule has 2 amide bonds. The van der Waals surface area contributed by atoms with Gasteiger partial charge >= 0.3 is 0 Å². The highest BCUT2D eigenvalue weighted by Crippen LogP contribution is 2.21. The minimum absolute atomic E-state index is 0.191. The first-order chi connectivity index (χ1) is 17.0. The number of nitrogens with zero attached hydrogens (tertiary/aromatic N) is 3. The Morgan fingerprint density at radius 2 is 1.97 bits per heavy atom. The summed E-state index contributed by atoms with van der Waals surface area (Å²) in [5.41, 5.74) is 0.570. The predicted octanol–water partition coefficient (Wildman–Crippen LogP) is 2.50. The molecule has 10 nitrogen and oxygen atoms in total. The summed E-state index contributed by atoms with van der Waals surface area (Å²) in [6.45, 7) is 5.98.